The van der Waals surface area contributed by atoms with Crippen molar-refractivity contribution in [3.8, 4) is 11.5 Å². The van der Waals surface area contributed by atoms with Crippen LogP contribution >= 0.6 is 11.6 Å². The Morgan fingerprint density at radius 3 is 2.48 bits per heavy atom. The van der Waals surface area contributed by atoms with Crippen LogP contribution < -0.4 is 14.8 Å². The van der Waals surface area contributed by atoms with Crippen molar-refractivity contribution < 1.29 is 17.9 Å². The summed E-state index contributed by atoms with van der Waals surface area (Å²) in [5.41, 5.74) is 2.52. The number of hydrogen-bond donors (Lipinski definition) is 2. The van der Waals surface area contributed by atoms with Gasteiger partial charge in [0.25, 0.3) is 15.9 Å². The van der Waals surface area contributed by atoms with Gasteiger partial charge in [-0.05, 0) is 61.9 Å². The van der Waals surface area contributed by atoms with Gasteiger partial charge >= 0.3 is 0 Å². The first-order valence-corrected chi connectivity index (χ1v) is 10.6. The maximum atomic E-state index is 12.8. The number of sulfonamides is 1. The number of ether oxygens (including phenoxy) is 1. The number of anilines is 2. The van der Waals surface area contributed by atoms with Crippen molar-refractivity contribution in [3.63, 3.8) is 0 Å². The summed E-state index contributed by atoms with van der Waals surface area (Å²) >= 11 is 5.98. The molecule has 0 radical (unpaired) electrons. The topological polar surface area (TPSA) is 84.5 Å². The lowest BCUT2D eigenvalue weighted by Gasteiger charge is -2.13. The second-order valence-corrected chi connectivity index (χ2v) is 8.87. The van der Waals surface area contributed by atoms with Gasteiger partial charge in [0.05, 0.1) is 16.1 Å². The van der Waals surface area contributed by atoms with Gasteiger partial charge in [0.15, 0.2) is 5.75 Å². The van der Waals surface area contributed by atoms with E-state index in [9.17, 15) is 13.2 Å². The number of benzene rings is 3. The smallest absolute Gasteiger partial charge is 0.262 e. The van der Waals surface area contributed by atoms with Crippen LogP contribution in [0.3, 0.4) is 0 Å². The Labute approximate surface area is 173 Å². The van der Waals surface area contributed by atoms with Crippen LogP contribution in [0.25, 0.3) is 0 Å². The molecule has 1 amide bonds. The molecule has 1 aliphatic rings. The fourth-order valence-electron chi connectivity index (χ4n) is 3.17. The second-order valence-electron chi connectivity index (χ2n) is 6.78. The minimum Gasteiger partial charge on any atom is -0.454 e. The van der Waals surface area contributed by atoms with Gasteiger partial charge in [0.1, 0.15) is 5.75 Å². The zero-order valence-electron chi connectivity index (χ0n) is 15.6. The predicted molar refractivity (Wildman–Crippen MR) is 113 cm³/mol. The van der Waals surface area contributed by atoms with Gasteiger partial charge in [-0.15, -0.1) is 0 Å². The van der Waals surface area contributed by atoms with Crippen LogP contribution in [0.1, 0.15) is 21.5 Å². The molecule has 0 aromatic heterocycles. The molecule has 0 atom stereocenters. The molecule has 3 aromatic carbocycles. The molecule has 0 saturated carbocycles. The molecule has 0 bridgehead atoms. The molecule has 29 heavy (non-hydrogen) atoms. The molecule has 1 heterocycles. The number of carbonyl (C=O) groups is 1. The van der Waals surface area contributed by atoms with E-state index in [0.717, 1.165) is 5.56 Å². The summed E-state index contributed by atoms with van der Waals surface area (Å²) in [7, 11) is -3.81. The summed E-state index contributed by atoms with van der Waals surface area (Å²) in [5.74, 6) is 0.344. The van der Waals surface area contributed by atoms with Crippen molar-refractivity contribution in [3.05, 3.63) is 76.3 Å². The third-order valence-electron chi connectivity index (χ3n) is 4.51. The Bertz CT molecular complexity index is 1260. The lowest BCUT2D eigenvalue weighted by atomic mass is 10.1. The number of amides is 1. The van der Waals surface area contributed by atoms with Gasteiger partial charge in [0.2, 0.25) is 0 Å². The lowest BCUT2D eigenvalue weighted by Crippen LogP contribution is -2.15. The van der Waals surface area contributed by atoms with E-state index in [4.69, 9.17) is 16.3 Å². The van der Waals surface area contributed by atoms with E-state index in [1.54, 1.807) is 55.5 Å². The molecule has 8 heteroatoms. The lowest BCUT2D eigenvalue weighted by molar-refractivity contribution is 0.102. The van der Waals surface area contributed by atoms with Crippen LogP contribution in [0, 0.1) is 13.8 Å². The van der Waals surface area contributed by atoms with E-state index in [1.165, 1.54) is 6.07 Å². The molecule has 3 aromatic rings. The van der Waals surface area contributed by atoms with Crippen LogP contribution in [0.5, 0.6) is 11.5 Å². The minimum atomic E-state index is -3.81. The first kappa shape index (κ1) is 19.3. The summed E-state index contributed by atoms with van der Waals surface area (Å²) in [6, 6.07) is 14.5. The van der Waals surface area contributed by atoms with Crippen molar-refractivity contribution in [2.75, 3.05) is 10.0 Å². The zero-order valence-corrected chi connectivity index (χ0v) is 17.2. The highest BCUT2D eigenvalue weighted by atomic mass is 35.5. The van der Waals surface area contributed by atoms with Crippen molar-refractivity contribution >= 4 is 38.9 Å². The van der Waals surface area contributed by atoms with E-state index < -0.39 is 15.9 Å². The molecule has 4 rings (SSSR count). The van der Waals surface area contributed by atoms with E-state index in [0.29, 0.717) is 27.8 Å². The predicted octanol–water partition coefficient (Wildman–Crippen LogP) is 5.12. The molecule has 0 unspecified atom stereocenters. The van der Waals surface area contributed by atoms with Gasteiger partial charge in [-0.2, -0.15) is 0 Å². The van der Waals surface area contributed by atoms with Gasteiger partial charge in [0, 0.05) is 10.7 Å². The van der Waals surface area contributed by atoms with Gasteiger partial charge < -0.3 is 10.1 Å². The van der Waals surface area contributed by atoms with Gasteiger partial charge in [-0.3, -0.25) is 9.52 Å². The number of nitrogens with one attached hydrogen (secondary N) is 2. The molecule has 148 valence electrons. The largest absolute Gasteiger partial charge is 0.454 e. The number of fused-ring (bicyclic) bond motifs is 2. The molecule has 0 fully saturated rings. The molecule has 0 saturated heterocycles. The number of carbonyl (C=O) groups excluding carboxylic acids is 1. The maximum absolute atomic E-state index is 12.8. The monoisotopic (exact) mass is 428 g/mol. The third kappa shape index (κ3) is 3.79. The second kappa shape index (κ2) is 7.09. The van der Waals surface area contributed by atoms with Gasteiger partial charge in [-0.25, -0.2) is 8.42 Å². The summed E-state index contributed by atoms with van der Waals surface area (Å²) in [5, 5.41) is 3.19. The molecule has 0 aliphatic carbocycles. The van der Waals surface area contributed by atoms with Crippen LogP contribution in [0.2, 0.25) is 5.02 Å². The average molecular weight is 429 g/mol. The minimum absolute atomic E-state index is 0.181. The summed E-state index contributed by atoms with van der Waals surface area (Å²) in [6.07, 6.45) is 0. The molecular weight excluding hydrogens is 412 g/mol. The first-order chi connectivity index (χ1) is 13.7. The Balaban J connectivity index is 1.68. The highest BCUT2D eigenvalue weighted by molar-refractivity contribution is 7.92. The fourth-order valence-corrected chi connectivity index (χ4v) is 4.62. The number of halogens is 1. The third-order valence-corrected chi connectivity index (χ3v) is 6.28. The Hall–Kier alpha value is -3.03. The quantitative estimate of drug-likeness (QED) is 0.606. The Morgan fingerprint density at radius 2 is 1.72 bits per heavy atom. The molecule has 6 nitrogen and oxygen atoms in total. The van der Waals surface area contributed by atoms with Crippen LogP contribution in [0.4, 0.5) is 11.4 Å². The molecule has 2 N–H and O–H groups in total. The van der Waals surface area contributed by atoms with E-state index in [1.807, 2.05) is 6.92 Å². The molecule has 1 aliphatic heterocycles. The van der Waals surface area contributed by atoms with E-state index in [-0.39, 0.29) is 16.1 Å². The standard InChI is InChI=1S/C21H17ClN2O4S/c1-12-3-8-20(13(2)9-12)29(26,27)24-15-5-7-18-16(11-15)21(25)23-17-10-14(22)4-6-19(17)28-18/h3-11,24H,1-2H3,(H,23,25). The van der Waals surface area contributed by atoms with Crippen LogP contribution in [-0.4, -0.2) is 14.3 Å². The number of aryl methyl sites for hydroxylation is 2. The van der Waals surface area contributed by atoms with E-state index in [2.05, 4.69) is 10.0 Å². The van der Waals surface area contributed by atoms with Crippen molar-refractivity contribution in [2.45, 2.75) is 18.7 Å². The Kier molecular flexibility index (Phi) is 4.72. The van der Waals surface area contributed by atoms with Crippen LogP contribution in [-0.2, 0) is 10.0 Å². The summed E-state index contributed by atoms with van der Waals surface area (Å²) in [6.45, 7) is 3.63. The Morgan fingerprint density at radius 1 is 0.966 bits per heavy atom. The first-order valence-electron chi connectivity index (χ1n) is 8.76. The normalized spacial score (nSPS) is 12.9. The zero-order chi connectivity index (χ0) is 20.8. The van der Waals surface area contributed by atoms with Crippen molar-refractivity contribution in [1.82, 2.24) is 0 Å². The fraction of sp³-hybridized carbons (Fsp3) is 0.0952. The SMILES string of the molecule is Cc1ccc(S(=O)(=O)Nc2ccc3c(c2)C(=O)Nc2cc(Cl)ccc2O3)c(C)c1. The summed E-state index contributed by atoms with van der Waals surface area (Å²) in [4.78, 5) is 12.8. The highest BCUT2D eigenvalue weighted by Gasteiger charge is 2.23. The molecular formula is C21H17ClN2O4S. The van der Waals surface area contributed by atoms with Crippen LogP contribution in [0.15, 0.2) is 59.5 Å². The highest BCUT2D eigenvalue weighted by Crippen LogP contribution is 2.38. The van der Waals surface area contributed by atoms with Crippen molar-refractivity contribution in [1.29, 1.82) is 0 Å². The average Bonchev–Trinajstić information content (AvgIpc) is 2.77. The number of hydrogen-bond acceptors (Lipinski definition) is 4. The maximum Gasteiger partial charge on any atom is 0.262 e. The van der Waals surface area contributed by atoms with Gasteiger partial charge in [-0.1, -0.05) is 29.3 Å². The van der Waals surface area contributed by atoms with Crippen molar-refractivity contribution in [2.24, 2.45) is 0 Å². The number of rotatable bonds is 3. The summed E-state index contributed by atoms with van der Waals surface area (Å²) < 4.78 is 34.0. The van der Waals surface area contributed by atoms with E-state index >= 15 is 0 Å². The molecule has 0 spiro atoms.